The molecule has 3 rings (SSSR count). The van der Waals surface area contributed by atoms with Gasteiger partial charge in [0, 0.05) is 43.6 Å². The van der Waals surface area contributed by atoms with Gasteiger partial charge < -0.3 is 9.80 Å². The Kier molecular flexibility index (Phi) is 4.27. The maximum Gasteiger partial charge on any atom is 0.132 e. The van der Waals surface area contributed by atoms with Crippen LogP contribution in [0.1, 0.15) is 23.7 Å². The predicted octanol–water partition coefficient (Wildman–Crippen LogP) is 2.98. The average Bonchev–Trinajstić information content (AvgIpc) is 2.58. The Morgan fingerprint density at radius 2 is 1.73 bits per heavy atom. The molecule has 116 valence electrons. The highest BCUT2D eigenvalue weighted by Gasteiger charge is 2.19. The van der Waals surface area contributed by atoms with Crippen LogP contribution in [0.15, 0.2) is 30.6 Å². The Balaban J connectivity index is 1.71. The zero-order valence-corrected chi connectivity index (χ0v) is 13.7. The Hall–Kier alpha value is -2.10. The molecule has 0 spiro atoms. The molecule has 1 aliphatic heterocycles. The lowest BCUT2D eigenvalue weighted by molar-refractivity contribution is 0.644. The second-order valence-electron chi connectivity index (χ2n) is 5.91. The van der Waals surface area contributed by atoms with E-state index in [0.29, 0.717) is 0 Å². The van der Waals surface area contributed by atoms with Gasteiger partial charge in [-0.05, 0) is 37.5 Å². The second-order valence-corrected chi connectivity index (χ2v) is 5.91. The molecule has 22 heavy (non-hydrogen) atoms. The summed E-state index contributed by atoms with van der Waals surface area (Å²) in [5, 5.41) is 0. The molecule has 2 aromatic rings. The predicted molar refractivity (Wildman–Crippen MR) is 91.8 cm³/mol. The van der Waals surface area contributed by atoms with Gasteiger partial charge in [0.2, 0.25) is 0 Å². The van der Waals surface area contributed by atoms with Gasteiger partial charge in [-0.1, -0.05) is 19.1 Å². The first-order valence-electron chi connectivity index (χ1n) is 8.06. The minimum absolute atomic E-state index is 0.956. The topological polar surface area (TPSA) is 32.3 Å². The first-order chi connectivity index (χ1) is 10.7. The number of hydrogen-bond acceptors (Lipinski definition) is 4. The number of hydrogen-bond donors (Lipinski definition) is 0. The molecule has 0 atom stereocenters. The molecule has 1 aromatic carbocycles. The zero-order chi connectivity index (χ0) is 15.5. The van der Waals surface area contributed by atoms with E-state index in [1.165, 1.54) is 16.8 Å². The second kappa shape index (κ2) is 6.34. The van der Waals surface area contributed by atoms with Gasteiger partial charge in [0.15, 0.2) is 0 Å². The molecule has 0 bridgehead atoms. The van der Waals surface area contributed by atoms with Gasteiger partial charge in [0.1, 0.15) is 12.1 Å². The summed E-state index contributed by atoms with van der Waals surface area (Å²) < 4.78 is 0. The van der Waals surface area contributed by atoms with Crippen LogP contribution < -0.4 is 9.80 Å². The summed E-state index contributed by atoms with van der Waals surface area (Å²) in [6, 6.07) is 8.69. The minimum Gasteiger partial charge on any atom is -0.368 e. The SMILES string of the molecule is CCc1cc(N2CCN(c3cccc(C)c3C)CC2)ncn1. The van der Waals surface area contributed by atoms with Crippen LogP contribution in [-0.4, -0.2) is 36.1 Å². The smallest absolute Gasteiger partial charge is 0.132 e. The highest BCUT2D eigenvalue weighted by Crippen LogP contribution is 2.24. The molecule has 0 radical (unpaired) electrons. The lowest BCUT2D eigenvalue weighted by Gasteiger charge is -2.37. The van der Waals surface area contributed by atoms with Crippen molar-refractivity contribution in [3.63, 3.8) is 0 Å². The summed E-state index contributed by atoms with van der Waals surface area (Å²) in [7, 11) is 0. The summed E-state index contributed by atoms with van der Waals surface area (Å²) in [5.41, 5.74) is 5.24. The van der Waals surface area contributed by atoms with Crippen LogP contribution in [0.25, 0.3) is 0 Å². The van der Waals surface area contributed by atoms with Crippen LogP contribution in [0.3, 0.4) is 0 Å². The number of aromatic nitrogens is 2. The Morgan fingerprint density at radius 3 is 2.45 bits per heavy atom. The molecule has 4 heteroatoms. The van der Waals surface area contributed by atoms with E-state index in [1.807, 2.05) is 0 Å². The summed E-state index contributed by atoms with van der Waals surface area (Å²) in [4.78, 5) is 13.6. The van der Waals surface area contributed by atoms with Gasteiger partial charge in [0.05, 0.1) is 0 Å². The average molecular weight is 296 g/mol. The van der Waals surface area contributed by atoms with E-state index in [9.17, 15) is 0 Å². The van der Waals surface area contributed by atoms with E-state index in [4.69, 9.17) is 0 Å². The highest BCUT2D eigenvalue weighted by atomic mass is 15.3. The number of rotatable bonds is 3. The van der Waals surface area contributed by atoms with Crippen LogP contribution in [0.5, 0.6) is 0 Å². The lowest BCUT2D eigenvalue weighted by Crippen LogP contribution is -2.47. The van der Waals surface area contributed by atoms with Crippen LogP contribution in [0, 0.1) is 13.8 Å². The largest absolute Gasteiger partial charge is 0.368 e. The molecule has 1 aromatic heterocycles. The normalized spacial score (nSPS) is 15.2. The van der Waals surface area contributed by atoms with Crippen molar-refractivity contribution in [2.45, 2.75) is 27.2 Å². The van der Waals surface area contributed by atoms with E-state index in [-0.39, 0.29) is 0 Å². The number of benzene rings is 1. The Morgan fingerprint density at radius 1 is 1.00 bits per heavy atom. The Bertz CT molecular complexity index is 645. The van der Waals surface area contributed by atoms with Gasteiger partial charge in [-0.25, -0.2) is 9.97 Å². The third-order valence-electron chi connectivity index (χ3n) is 4.59. The summed E-state index contributed by atoms with van der Waals surface area (Å²) in [6.45, 7) is 10.6. The molecule has 2 heterocycles. The zero-order valence-electron chi connectivity index (χ0n) is 13.7. The van der Waals surface area contributed by atoms with Gasteiger partial charge in [-0.3, -0.25) is 0 Å². The van der Waals surface area contributed by atoms with E-state index < -0.39 is 0 Å². The van der Waals surface area contributed by atoms with Crippen LogP contribution >= 0.6 is 0 Å². The quantitative estimate of drug-likeness (QED) is 0.871. The van der Waals surface area contributed by atoms with Crippen molar-refractivity contribution in [1.82, 2.24) is 9.97 Å². The highest BCUT2D eigenvalue weighted by molar-refractivity contribution is 5.57. The fourth-order valence-corrected chi connectivity index (χ4v) is 3.01. The maximum atomic E-state index is 4.44. The molecule has 0 amide bonds. The van der Waals surface area contributed by atoms with Gasteiger partial charge in [-0.2, -0.15) is 0 Å². The standard InChI is InChI=1S/C18H24N4/c1-4-16-12-18(20-13-19-16)22-10-8-21(9-11-22)17-7-5-6-14(2)15(17)3/h5-7,12-13H,4,8-11H2,1-3H3. The molecule has 0 aliphatic carbocycles. The van der Waals surface area contributed by atoms with Crippen molar-refractivity contribution in [3.8, 4) is 0 Å². The van der Waals surface area contributed by atoms with Crippen LogP contribution in [0.2, 0.25) is 0 Å². The minimum atomic E-state index is 0.956. The fraction of sp³-hybridized carbons (Fsp3) is 0.444. The van der Waals surface area contributed by atoms with Crippen molar-refractivity contribution in [2.75, 3.05) is 36.0 Å². The number of piperazine rings is 1. The molecule has 0 unspecified atom stereocenters. The van der Waals surface area contributed by atoms with Crippen molar-refractivity contribution < 1.29 is 0 Å². The van der Waals surface area contributed by atoms with Gasteiger partial charge in [-0.15, -0.1) is 0 Å². The molecular weight excluding hydrogens is 272 g/mol. The molecule has 4 nitrogen and oxygen atoms in total. The first-order valence-corrected chi connectivity index (χ1v) is 8.06. The van der Waals surface area contributed by atoms with E-state index in [0.717, 1.165) is 44.1 Å². The summed E-state index contributed by atoms with van der Waals surface area (Å²) in [5.74, 6) is 1.06. The Labute approximate surface area is 132 Å². The first kappa shape index (κ1) is 14.8. The molecule has 0 saturated carbocycles. The summed E-state index contributed by atoms with van der Waals surface area (Å²) >= 11 is 0. The maximum absolute atomic E-state index is 4.44. The van der Waals surface area contributed by atoms with Crippen molar-refractivity contribution in [1.29, 1.82) is 0 Å². The molecule has 1 fully saturated rings. The third-order valence-corrected chi connectivity index (χ3v) is 4.59. The number of nitrogens with zero attached hydrogens (tertiary/aromatic N) is 4. The van der Waals surface area contributed by atoms with Crippen molar-refractivity contribution in [2.24, 2.45) is 0 Å². The van der Waals surface area contributed by atoms with E-state index in [2.05, 4.69) is 64.8 Å². The summed E-state index contributed by atoms with van der Waals surface area (Å²) in [6.07, 6.45) is 2.64. The third kappa shape index (κ3) is 2.91. The van der Waals surface area contributed by atoms with Crippen LogP contribution in [-0.2, 0) is 6.42 Å². The van der Waals surface area contributed by atoms with Gasteiger partial charge >= 0.3 is 0 Å². The van der Waals surface area contributed by atoms with Crippen molar-refractivity contribution >= 4 is 11.5 Å². The van der Waals surface area contributed by atoms with E-state index >= 15 is 0 Å². The molecule has 1 saturated heterocycles. The molecular formula is C18H24N4. The van der Waals surface area contributed by atoms with Crippen molar-refractivity contribution in [3.05, 3.63) is 47.4 Å². The fourth-order valence-electron chi connectivity index (χ4n) is 3.01. The molecule has 0 N–H and O–H groups in total. The lowest BCUT2D eigenvalue weighted by atomic mass is 10.1. The number of aryl methyl sites for hydroxylation is 2. The van der Waals surface area contributed by atoms with Crippen LogP contribution in [0.4, 0.5) is 11.5 Å². The number of anilines is 2. The van der Waals surface area contributed by atoms with Gasteiger partial charge in [0.25, 0.3) is 0 Å². The molecule has 1 aliphatic rings. The van der Waals surface area contributed by atoms with E-state index in [1.54, 1.807) is 6.33 Å². The monoisotopic (exact) mass is 296 g/mol.